The van der Waals surface area contributed by atoms with Crippen molar-refractivity contribution in [3.8, 4) is 0 Å². The Bertz CT molecular complexity index is 980. The standard InChI is InChI=1S/C18H15N3O2/c22-10-14-8-12-7-13(5-6-16(12)19-14)20-18(23)17-9-11-3-1-2-4-15(11)21-17/h1-9,19,21-22H,10H2,(H,20,23). The number of H-pyrrole nitrogens is 2. The molecule has 2 aromatic heterocycles. The van der Waals surface area contributed by atoms with Crippen LogP contribution < -0.4 is 5.32 Å². The molecule has 5 heteroatoms. The van der Waals surface area contributed by atoms with E-state index in [1.807, 2.05) is 54.6 Å². The number of fused-ring (bicyclic) bond motifs is 2. The molecular weight excluding hydrogens is 290 g/mol. The zero-order chi connectivity index (χ0) is 15.8. The van der Waals surface area contributed by atoms with Gasteiger partial charge in [0.1, 0.15) is 5.69 Å². The minimum atomic E-state index is -0.182. The quantitative estimate of drug-likeness (QED) is 0.468. The van der Waals surface area contributed by atoms with Gasteiger partial charge >= 0.3 is 0 Å². The van der Waals surface area contributed by atoms with Crippen LogP contribution in [0, 0.1) is 0 Å². The Morgan fingerprint density at radius 1 is 0.957 bits per heavy atom. The van der Waals surface area contributed by atoms with Gasteiger partial charge in [0, 0.05) is 33.2 Å². The molecule has 0 saturated heterocycles. The fourth-order valence-corrected chi connectivity index (χ4v) is 2.75. The van der Waals surface area contributed by atoms with Crippen LogP contribution in [-0.2, 0) is 6.61 Å². The molecule has 0 aliphatic heterocycles. The van der Waals surface area contributed by atoms with Gasteiger partial charge < -0.3 is 20.4 Å². The maximum Gasteiger partial charge on any atom is 0.272 e. The van der Waals surface area contributed by atoms with Gasteiger partial charge in [-0.3, -0.25) is 4.79 Å². The lowest BCUT2D eigenvalue weighted by atomic mass is 10.2. The van der Waals surface area contributed by atoms with E-state index < -0.39 is 0 Å². The molecule has 0 aliphatic rings. The molecule has 23 heavy (non-hydrogen) atoms. The van der Waals surface area contributed by atoms with E-state index in [-0.39, 0.29) is 12.5 Å². The van der Waals surface area contributed by atoms with Crippen LogP contribution in [0.15, 0.2) is 54.6 Å². The fourth-order valence-electron chi connectivity index (χ4n) is 2.75. The Kier molecular flexibility index (Phi) is 3.13. The van der Waals surface area contributed by atoms with E-state index in [1.165, 1.54) is 0 Å². The molecule has 2 heterocycles. The molecule has 0 fully saturated rings. The van der Waals surface area contributed by atoms with Gasteiger partial charge in [-0.15, -0.1) is 0 Å². The first-order valence-corrected chi connectivity index (χ1v) is 7.34. The van der Waals surface area contributed by atoms with E-state index in [0.717, 1.165) is 27.5 Å². The number of aromatic amines is 2. The second-order valence-electron chi connectivity index (χ2n) is 5.48. The molecule has 1 amide bonds. The number of para-hydroxylation sites is 1. The van der Waals surface area contributed by atoms with Crippen LogP contribution in [-0.4, -0.2) is 21.0 Å². The second kappa shape index (κ2) is 5.30. The number of benzene rings is 2. The Morgan fingerprint density at radius 3 is 2.61 bits per heavy atom. The smallest absolute Gasteiger partial charge is 0.272 e. The minimum Gasteiger partial charge on any atom is -0.390 e. The van der Waals surface area contributed by atoms with Crippen molar-refractivity contribution in [2.75, 3.05) is 5.32 Å². The number of carbonyl (C=O) groups excluding carboxylic acids is 1. The first kappa shape index (κ1) is 13.6. The third-order valence-electron chi connectivity index (χ3n) is 3.88. The molecule has 0 spiro atoms. The number of amides is 1. The molecular formula is C18H15N3O2. The van der Waals surface area contributed by atoms with Crippen molar-refractivity contribution in [1.29, 1.82) is 0 Å². The number of carbonyl (C=O) groups is 1. The Labute approximate surface area is 132 Å². The van der Waals surface area contributed by atoms with E-state index in [1.54, 1.807) is 0 Å². The third-order valence-corrected chi connectivity index (χ3v) is 3.88. The van der Waals surface area contributed by atoms with Crippen LogP contribution >= 0.6 is 0 Å². The van der Waals surface area contributed by atoms with Gasteiger partial charge in [0.25, 0.3) is 5.91 Å². The molecule has 0 radical (unpaired) electrons. The average molecular weight is 305 g/mol. The molecule has 114 valence electrons. The SMILES string of the molecule is O=C(Nc1ccc2[nH]c(CO)cc2c1)c1cc2ccccc2[nH]1. The highest BCUT2D eigenvalue weighted by atomic mass is 16.3. The number of aliphatic hydroxyl groups excluding tert-OH is 1. The number of aliphatic hydroxyl groups is 1. The van der Waals surface area contributed by atoms with E-state index in [2.05, 4.69) is 15.3 Å². The van der Waals surface area contributed by atoms with Crippen molar-refractivity contribution in [2.24, 2.45) is 0 Å². The third kappa shape index (κ3) is 2.47. The van der Waals surface area contributed by atoms with Gasteiger partial charge in [0.2, 0.25) is 0 Å². The lowest BCUT2D eigenvalue weighted by Crippen LogP contribution is -2.11. The van der Waals surface area contributed by atoms with Gasteiger partial charge in [-0.2, -0.15) is 0 Å². The lowest BCUT2D eigenvalue weighted by Gasteiger charge is -2.03. The molecule has 4 rings (SSSR count). The number of anilines is 1. The van der Waals surface area contributed by atoms with Crippen LogP contribution in [0.3, 0.4) is 0 Å². The molecule has 4 N–H and O–H groups in total. The number of hydrogen-bond acceptors (Lipinski definition) is 2. The van der Waals surface area contributed by atoms with Crippen LogP contribution in [0.1, 0.15) is 16.2 Å². The van der Waals surface area contributed by atoms with E-state index in [4.69, 9.17) is 5.11 Å². The molecule has 4 aromatic rings. The zero-order valence-electron chi connectivity index (χ0n) is 12.3. The predicted octanol–water partition coefficient (Wildman–Crippen LogP) is 3.39. The van der Waals surface area contributed by atoms with Gasteiger partial charge in [0.05, 0.1) is 6.61 Å². The van der Waals surface area contributed by atoms with E-state index in [0.29, 0.717) is 11.4 Å². The Hall–Kier alpha value is -3.05. The molecule has 0 atom stereocenters. The van der Waals surface area contributed by atoms with Crippen molar-refractivity contribution in [3.63, 3.8) is 0 Å². The highest BCUT2D eigenvalue weighted by Crippen LogP contribution is 2.21. The Morgan fingerprint density at radius 2 is 1.78 bits per heavy atom. The molecule has 2 aromatic carbocycles. The summed E-state index contributed by atoms with van der Waals surface area (Å²) in [6.07, 6.45) is 0. The van der Waals surface area contributed by atoms with Crippen LogP contribution in [0.4, 0.5) is 5.69 Å². The summed E-state index contributed by atoms with van der Waals surface area (Å²) in [6.45, 7) is -0.0363. The second-order valence-corrected chi connectivity index (χ2v) is 5.48. The number of hydrogen-bond donors (Lipinski definition) is 4. The summed E-state index contributed by atoms with van der Waals surface area (Å²) in [4.78, 5) is 18.6. The summed E-state index contributed by atoms with van der Waals surface area (Å²) >= 11 is 0. The van der Waals surface area contributed by atoms with Crippen molar-refractivity contribution in [3.05, 3.63) is 66.0 Å². The fraction of sp³-hybridized carbons (Fsp3) is 0.0556. The van der Waals surface area contributed by atoms with Gasteiger partial charge in [0.15, 0.2) is 0 Å². The largest absolute Gasteiger partial charge is 0.390 e. The Balaban J connectivity index is 1.62. The van der Waals surface area contributed by atoms with Crippen molar-refractivity contribution < 1.29 is 9.90 Å². The molecule has 0 unspecified atom stereocenters. The lowest BCUT2D eigenvalue weighted by molar-refractivity contribution is 0.102. The van der Waals surface area contributed by atoms with Crippen molar-refractivity contribution >= 4 is 33.4 Å². The summed E-state index contributed by atoms with van der Waals surface area (Å²) in [5, 5.41) is 14.0. The van der Waals surface area contributed by atoms with E-state index >= 15 is 0 Å². The molecule has 5 nitrogen and oxygen atoms in total. The normalized spacial score (nSPS) is 11.2. The first-order valence-electron chi connectivity index (χ1n) is 7.34. The number of rotatable bonds is 3. The van der Waals surface area contributed by atoms with Gasteiger partial charge in [-0.25, -0.2) is 0 Å². The first-order chi connectivity index (χ1) is 11.2. The highest BCUT2D eigenvalue weighted by Gasteiger charge is 2.10. The summed E-state index contributed by atoms with van der Waals surface area (Å²) in [7, 11) is 0. The topological polar surface area (TPSA) is 80.9 Å². The predicted molar refractivity (Wildman–Crippen MR) is 90.5 cm³/mol. The molecule has 0 saturated carbocycles. The zero-order valence-corrected chi connectivity index (χ0v) is 12.3. The summed E-state index contributed by atoms with van der Waals surface area (Å²) in [6, 6.07) is 17.1. The van der Waals surface area contributed by atoms with Crippen LogP contribution in [0.25, 0.3) is 21.8 Å². The molecule has 0 aliphatic carbocycles. The average Bonchev–Trinajstić information content (AvgIpc) is 3.17. The summed E-state index contributed by atoms with van der Waals surface area (Å²) in [5.74, 6) is -0.182. The van der Waals surface area contributed by atoms with Crippen molar-refractivity contribution in [2.45, 2.75) is 6.61 Å². The minimum absolute atomic E-state index is 0.0363. The maximum atomic E-state index is 12.4. The molecule has 0 bridgehead atoms. The van der Waals surface area contributed by atoms with E-state index in [9.17, 15) is 4.79 Å². The monoisotopic (exact) mass is 305 g/mol. The highest BCUT2D eigenvalue weighted by molar-refractivity contribution is 6.06. The summed E-state index contributed by atoms with van der Waals surface area (Å²) in [5.41, 5.74) is 3.85. The van der Waals surface area contributed by atoms with Gasteiger partial charge in [-0.1, -0.05) is 18.2 Å². The van der Waals surface area contributed by atoms with Crippen LogP contribution in [0.5, 0.6) is 0 Å². The van der Waals surface area contributed by atoms with Crippen LogP contribution in [0.2, 0.25) is 0 Å². The maximum absolute atomic E-state index is 12.4. The van der Waals surface area contributed by atoms with Crippen molar-refractivity contribution in [1.82, 2.24) is 9.97 Å². The summed E-state index contributed by atoms with van der Waals surface area (Å²) < 4.78 is 0. The number of aromatic nitrogens is 2. The van der Waals surface area contributed by atoms with Gasteiger partial charge in [-0.05, 0) is 36.4 Å². The number of nitrogens with one attached hydrogen (secondary N) is 3.